The number of nitrogens with one attached hydrogen (secondary N) is 1. The molecule has 2 fully saturated rings. The molecule has 2 aliphatic carbocycles. The van der Waals surface area contributed by atoms with Crippen molar-refractivity contribution >= 4 is 17.8 Å². The number of furan rings is 1. The molecule has 0 aromatic carbocycles. The van der Waals surface area contributed by atoms with Gasteiger partial charge in [-0.2, -0.15) is 0 Å². The van der Waals surface area contributed by atoms with Crippen LogP contribution >= 0.6 is 0 Å². The lowest BCUT2D eigenvalue weighted by molar-refractivity contribution is -0.137. The van der Waals surface area contributed by atoms with Gasteiger partial charge in [0.2, 0.25) is 5.91 Å². The molecule has 7 nitrogen and oxygen atoms in total. The van der Waals surface area contributed by atoms with Crippen LogP contribution in [0.1, 0.15) is 75.5 Å². The van der Waals surface area contributed by atoms with Crippen molar-refractivity contribution in [2.75, 3.05) is 13.6 Å². The molecule has 1 saturated carbocycles. The highest BCUT2D eigenvalue weighted by molar-refractivity contribution is 6.09. The highest BCUT2D eigenvalue weighted by Crippen LogP contribution is 2.42. The number of amides is 4. The third-order valence-electron chi connectivity index (χ3n) is 6.86. The summed E-state index contributed by atoms with van der Waals surface area (Å²) in [6.07, 6.45) is 5.94. The molecule has 0 bridgehead atoms. The summed E-state index contributed by atoms with van der Waals surface area (Å²) >= 11 is 0. The molecule has 1 aliphatic heterocycles. The minimum atomic E-state index is -0.753. The molecule has 158 valence electrons. The van der Waals surface area contributed by atoms with Crippen LogP contribution in [0.2, 0.25) is 0 Å². The molecule has 1 aromatic heterocycles. The Hall–Kier alpha value is -2.31. The first-order valence-electron chi connectivity index (χ1n) is 10.6. The summed E-state index contributed by atoms with van der Waals surface area (Å²) in [6, 6.07) is 1.44. The lowest BCUT2D eigenvalue weighted by Gasteiger charge is -2.36. The number of fused-ring (bicyclic) bond motifs is 1. The fourth-order valence-electron chi connectivity index (χ4n) is 5.37. The quantitative estimate of drug-likeness (QED) is 0.788. The maximum absolute atomic E-state index is 13.1. The van der Waals surface area contributed by atoms with E-state index >= 15 is 0 Å². The number of carbonyl (C=O) groups excluding carboxylic acids is 3. The molecule has 4 rings (SSSR count). The van der Waals surface area contributed by atoms with Crippen molar-refractivity contribution < 1.29 is 18.8 Å². The largest absolute Gasteiger partial charge is 0.466 e. The van der Waals surface area contributed by atoms with Crippen LogP contribution in [-0.2, 0) is 16.0 Å². The Balaban J connectivity index is 1.49. The molecular weight excluding hydrogens is 370 g/mol. The zero-order valence-corrected chi connectivity index (χ0v) is 17.8. The number of carbonyl (C=O) groups is 3. The van der Waals surface area contributed by atoms with Crippen molar-refractivity contribution in [3.8, 4) is 0 Å². The summed E-state index contributed by atoms with van der Waals surface area (Å²) in [6.45, 7) is 5.99. The van der Waals surface area contributed by atoms with E-state index in [-0.39, 0.29) is 35.8 Å². The number of imide groups is 1. The van der Waals surface area contributed by atoms with E-state index < -0.39 is 5.54 Å². The number of nitrogens with zero attached hydrogens (tertiary/aromatic N) is 2. The van der Waals surface area contributed by atoms with Gasteiger partial charge < -0.3 is 14.6 Å². The third-order valence-corrected chi connectivity index (χ3v) is 6.86. The fraction of sp³-hybridized carbons (Fsp3) is 0.682. The van der Waals surface area contributed by atoms with Gasteiger partial charge in [0.25, 0.3) is 5.91 Å². The number of urea groups is 1. The summed E-state index contributed by atoms with van der Waals surface area (Å²) in [7, 11) is 1.69. The van der Waals surface area contributed by atoms with Gasteiger partial charge in [-0.1, -0.05) is 33.1 Å². The van der Waals surface area contributed by atoms with Crippen LogP contribution in [-0.4, -0.2) is 46.8 Å². The maximum atomic E-state index is 13.1. The predicted octanol–water partition coefficient (Wildman–Crippen LogP) is 3.31. The summed E-state index contributed by atoms with van der Waals surface area (Å²) in [5.74, 6) is 1.22. The van der Waals surface area contributed by atoms with Crippen LogP contribution < -0.4 is 5.32 Å². The number of aryl methyl sites for hydroxylation is 1. The summed E-state index contributed by atoms with van der Waals surface area (Å²) in [5.41, 5.74) is 0.258. The van der Waals surface area contributed by atoms with Crippen LogP contribution in [0.3, 0.4) is 0 Å². The first kappa shape index (κ1) is 20.0. The lowest BCUT2D eigenvalue weighted by Crippen LogP contribution is -2.49. The SMILES string of the molecule is Cc1cc2c(o1)CC(C)(C)CC2NC(=O)CN1C(=O)N(C)C2(CCCCC2)C1=O. The van der Waals surface area contributed by atoms with Crippen LogP contribution in [0.4, 0.5) is 4.79 Å². The normalized spacial score (nSPS) is 25.4. The van der Waals surface area contributed by atoms with E-state index in [2.05, 4.69) is 19.2 Å². The van der Waals surface area contributed by atoms with Crippen LogP contribution in [0.25, 0.3) is 0 Å². The minimum absolute atomic E-state index is 0.000890. The predicted molar refractivity (Wildman–Crippen MR) is 107 cm³/mol. The number of rotatable bonds is 3. The minimum Gasteiger partial charge on any atom is -0.466 e. The van der Waals surface area contributed by atoms with Gasteiger partial charge >= 0.3 is 6.03 Å². The molecule has 4 amide bonds. The standard InChI is InChI=1S/C22H31N3O4/c1-14-10-15-16(11-21(2,3)12-17(15)29-14)23-18(26)13-25-19(27)22(24(4)20(25)28)8-6-5-7-9-22/h10,16H,5-9,11-13H2,1-4H3,(H,23,26). The van der Waals surface area contributed by atoms with E-state index in [1.807, 2.05) is 13.0 Å². The Bertz CT molecular complexity index is 850. The first-order valence-corrected chi connectivity index (χ1v) is 10.6. The first-order chi connectivity index (χ1) is 13.6. The summed E-state index contributed by atoms with van der Waals surface area (Å²) in [5, 5.41) is 3.05. The molecule has 1 spiro atoms. The van der Waals surface area contributed by atoms with Gasteiger partial charge in [0.1, 0.15) is 23.6 Å². The number of hydrogen-bond donors (Lipinski definition) is 1. The molecule has 1 N–H and O–H groups in total. The average molecular weight is 402 g/mol. The molecule has 1 saturated heterocycles. The van der Waals surface area contributed by atoms with E-state index in [1.165, 1.54) is 0 Å². The van der Waals surface area contributed by atoms with Gasteiger partial charge in [0, 0.05) is 19.0 Å². The molecular formula is C22H31N3O4. The van der Waals surface area contributed by atoms with Crippen molar-refractivity contribution in [2.45, 2.75) is 77.3 Å². The van der Waals surface area contributed by atoms with Gasteiger partial charge in [-0.05, 0) is 37.7 Å². The Labute approximate surface area is 171 Å². The van der Waals surface area contributed by atoms with Gasteiger partial charge in [-0.15, -0.1) is 0 Å². The van der Waals surface area contributed by atoms with E-state index in [0.29, 0.717) is 12.8 Å². The second kappa shape index (κ2) is 6.89. The smallest absolute Gasteiger partial charge is 0.327 e. The Morgan fingerprint density at radius 3 is 2.62 bits per heavy atom. The van der Waals surface area contributed by atoms with E-state index in [4.69, 9.17) is 4.42 Å². The highest BCUT2D eigenvalue weighted by Gasteiger charge is 2.55. The van der Waals surface area contributed by atoms with E-state index in [9.17, 15) is 14.4 Å². The molecule has 7 heteroatoms. The van der Waals surface area contributed by atoms with Crippen molar-refractivity contribution in [3.05, 3.63) is 23.2 Å². The van der Waals surface area contributed by atoms with E-state index in [1.54, 1.807) is 11.9 Å². The molecule has 2 heterocycles. The van der Waals surface area contributed by atoms with Crippen molar-refractivity contribution in [2.24, 2.45) is 5.41 Å². The lowest BCUT2D eigenvalue weighted by atomic mass is 9.74. The van der Waals surface area contributed by atoms with Gasteiger partial charge in [-0.3, -0.25) is 14.5 Å². The monoisotopic (exact) mass is 401 g/mol. The molecule has 0 radical (unpaired) electrons. The summed E-state index contributed by atoms with van der Waals surface area (Å²) < 4.78 is 5.83. The zero-order valence-electron chi connectivity index (χ0n) is 17.8. The molecule has 1 atom stereocenters. The third kappa shape index (κ3) is 3.34. The molecule has 29 heavy (non-hydrogen) atoms. The van der Waals surface area contributed by atoms with Crippen molar-refractivity contribution in [1.29, 1.82) is 0 Å². The van der Waals surface area contributed by atoms with Crippen LogP contribution in [0, 0.1) is 12.3 Å². The molecule has 3 aliphatic rings. The number of likely N-dealkylation sites (N-methyl/N-ethyl adjacent to an activating group) is 1. The van der Waals surface area contributed by atoms with Crippen molar-refractivity contribution in [3.63, 3.8) is 0 Å². The Morgan fingerprint density at radius 2 is 1.93 bits per heavy atom. The van der Waals surface area contributed by atoms with Gasteiger partial charge in [0.05, 0.1) is 6.04 Å². The number of hydrogen-bond acceptors (Lipinski definition) is 4. The van der Waals surface area contributed by atoms with Crippen LogP contribution in [0.5, 0.6) is 0 Å². The Morgan fingerprint density at radius 1 is 1.24 bits per heavy atom. The van der Waals surface area contributed by atoms with Crippen LogP contribution in [0.15, 0.2) is 10.5 Å². The average Bonchev–Trinajstić information content (AvgIpc) is 3.09. The van der Waals surface area contributed by atoms with E-state index in [0.717, 1.165) is 54.1 Å². The highest BCUT2D eigenvalue weighted by atomic mass is 16.3. The van der Waals surface area contributed by atoms with Crippen molar-refractivity contribution in [1.82, 2.24) is 15.1 Å². The second-order valence-corrected chi connectivity index (χ2v) is 9.73. The molecule has 1 aromatic rings. The summed E-state index contributed by atoms with van der Waals surface area (Å²) in [4.78, 5) is 41.4. The topological polar surface area (TPSA) is 82.9 Å². The van der Waals surface area contributed by atoms with Gasteiger partial charge in [-0.25, -0.2) is 4.79 Å². The maximum Gasteiger partial charge on any atom is 0.327 e. The fourth-order valence-corrected chi connectivity index (χ4v) is 5.37. The Kier molecular flexibility index (Phi) is 4.74. The second-order valence-electron chi connectivity index (χ2n) is 9.73. The zero-order chi connectivity index (χ0) is 21.0. The van der Waals surface area contributed by atoms with Gasteiger partial charge in [0.15, 0.2) is 0 Å². The molecule has 1 unspecified atom stereocenters.